The Kier molecular flexibility index (Phi) is 5.55. The maximum atomic E-state index is 13.3. The number of aryl methyl sites for hydroxylation is 1. The first-order valence-corrected chi connectivity index (χ1v) is 9.44. The van der Waals surface area contributed by atoms with E-state index in [1.807, 2.05) is 62.8 Å². The molecular formula is C23H26N4O2. The zero-order chi connectivity index (χ0) is 21.2. The number of aromatic nitrogens is 2. The fraction of sp³-hybridized carbons (Fsp3) is 0.261. The molecule has 0 saturated heterocycles. The summed E-state index contributed by atoms with van der Waals surface area (Å²) in [6.07, 6.45) is 6.43. The Morgan fingerprint density at radius 1 is 1.24 bits per heavy atom. The number of carbonyl (C=O) groups excluding carboxylic acids is 2. The number of nitrogens with zero attached hydrogens (tertiary/aromatic N) is 3. The monoisotopic (exact) mass is 390 g/mol. The van der Waals surface area contributed by atoms with Crippen molar-refractivity contribution in [2.24, 2.45) is 7.05 Å². The lowest BCUT2D eigenvalue weighted by molar-refractivity contribution is -0.126. The molecule has 150 valence electrons. The van der Waals surface area contributed by atoms with Gasteiger partial charge in [0.1, 0.15) is 6.04 Å². The number of amides is 2. The molecule has 1 N–H and O–H groups in total. The van der Waals surface area contributed by atoms with E-state index in [1.54, 1.807) is 24.5 Å². The molecule has 0 bridgehead atoms. The summed E-state index contributed by atoms with van der Waals surface area (Å²) >= 11 is 0. The van der Waals surface area contributed by atoms with Crippen LogP contribution in [0, 0.1) is 0 Å². The van der Waals surface area contributed by atoms with Gasteiger partial charge in [-0.25, -0.2) is 0 Å². The van der Waals surface area contributed by atoms with Gasteiger partial charge in [0.15, 0.2) is 0 Å². The molecule has 6 nitrogen and oxygen atoms in total. The van der Waals surface area contributed by atoms with Crippen molar-refractivity contribution in [1.29, 1.82) is 0 Å². The van der Waals surface area contributed by atoms with Crippen molar-refractivity contribution in [2.75, 3.05) is 4.90 Å². The molecule has 2 amide bonds. The van der Waals surface area contributed by atoms with E-state index in [-0.39, 0.29) is 11.8 Å². The van der Waals surface area contributed by atoms with Crippen molar-refractivity contribution >= 4 is 28.4 Å². The third-order valence-corrected chi connectivity index (χ3v) is 4.56. The van der Waals surface area contributed by atoms with Crippen LogP contribution in [0.5, 0.6) is 0 Å². The lowest BCUT2D eigenvalue weighted by Crippen LogP contribution is -2.49. The highest BCUT2D eigenvalue weighted by atomic mass is 16.2. The van der Waals surface area contributed by atoms with Gasteiger partial charge in [0.05, 0.1) is 0 Å². The van der Waals surface area contributed by atoms with Crippen LogP contribution >= 0.6 is 0 Å². The number of anilines is 1. The van der Waals surface area contributed by atoms with Crippen molar-refractivity contribution in [3.63, 3.8) is 0 Å². The average molecular weight is 390 g/mol. The van der Waals surface area contributed by atoms with Crippen LogP contribution in [0.15, 0.2) is 67.6 Å². The lowest BCUT2D eigenvalue weighted by Gasteiger charge is -2.33. The number of carbonyl (C=O) groups is 2. The van der Waals surface area contributed by atoms with Crippen LogP contribution in [0.4, 0.5) is 5.69 Å². The molecule has 0 saturated carbocycles. The zero-order valence-corrected chi connectivity index (χ0v) is 17.2. The number of benzene rings is 1. The third kappa shape index (κ3) is 4.37. The summed E-state index contributed by atoms with van der Waals surface area (Å²) in [5.41, 5.74) is 1.82. The topological polar surface area (TPSA) is 67.2 Å². The summed E-state index contributed by atoms with van der Waals surface area (Å²) < 4.78 is 2.00. The van der Waals surface area contributed by atoms with E-state index < -0.39 is 11.6 Å². The van der Waals surface area contributed by atoms with Gasteiger partial charge >= 0.3 is 0 Å². The molecule has 3 rings (SSSR count). The summed E-state index contributed by atoms with van der Waals surface area (Å²) in [7, 11) is 1.96. The maximum Gasteiger partial charge on any atom is 0.251 e. The van der Waals surface area contributed by atoms with Gasteiger partial charge in [0, 0.05) is 53.3 Å². The highest BCUT2D eigenvalue weighted by molar-refractivity contribution is 6.07. The van der Waals surface area contributed by atoms with Gasteiger partial charge in [-0.15, -0.1) is 0 Å². The van der Waals surface area contributed by atoms with E-state index in [4.69, 9.17) is 0 Å². The van der Waals surface area contributed by atoms with Crippen LogP contribution < -0.4 is 10.2 Å². The lowest BCUT2D eigenvalue weighted by atomic mass is 10.0. The summed E-state index contributed by atoms with van der Waals surface area (Å²) in [6, 6.07) is 10.3. The van der Waals surface area contributed by atoms with E-state index in [0.717, 1.165) is 10.9 Å². The number of hydrogen-bond donors (Lipinski definition) is 1. The Morgan fingerprint density at radius 2 is 2.00 bits per heavy atom. The standard InChI is InChI=1S/C23H26N4O2/c1-6-20(28)27(18-9-10-19-16(14-18)11-13-26(19)5)21(17-8-7-12-24-15-17)22(29)25-23(2,3)4/h6-15,21H,1H2,2-5H3,(H,25,29). The minimum absolute atomic E-state index is 0.283. The second-order valence-electron chi connectivity index (χ2n) is 8.01. The summed E-state index contributed by atoms with van der Waals surface area (Å²) in [4.78, 5) is 31.9. The van der Waals surface area contributed by atoms with Crippen LogP contribution in [-0.2, 0) is 16.6 Å². The molecule has 2 aromatic heterocycles. The smallest absolute Gasteiger partial charge is 0.251 e. The normalized spacial score (nSPS) is 12.4. The van der Waals surface area contributed by atoms with Crippen LogP contribution in [0.25, 0.3) is 10.9 Å². The van der Waals surface area contributed by atoms with Crippen molar-refractivity contribution in [2.45, 2.75) is 32.4 Å². The second kappa shape index (κ2) is 7.91. The van der Waals surface area contributed by atoms with Gasteiger partial charge in [0.25, 0.3) is 5.91 Å². The van der Waals surface area contributed by atoms with Gasteiger partial charge in [-0.3, -0.25) is 19.5 Å². The van der Waals surface area contributed by atoms with E-state index in [0.29, 0.717) is 11.3 Å². The predicted octanol–water partition coefficient (Wildman–Crippen LogP) is 3.75. The molecule has 6 heteroatoms. The molecule has 1 atom stereocenters. The Morgan fingerprint density at radius 3 is 2.62 bits per heavy atom. The zero-order valence-electron chi connectivity index (χ0n) is 17.2. The molecule has 29 heavy (non-hydrogen) atoms. The summed E-state index contributed by atoms with van der Waals surface area (Å²) in [5, 5.41) is 3.97. The third-order valence-electron chi connectivity index (χ3n) is 4.56. The van der Waals surface area contributed by atoms with Crippen molar-refractivity contribution < 1.29 is 9.59 Å². The second-order valence-corrected chi connectivity index (χ2v) is 8.01. The van der Waals surface area contributed by atoms with E-state index >= 15 is 0 Å². The van der Waals surface area contributed by atoms with Gasteiger partial charge in [0.2, 0.25) is 5.91 Å². The van der Waals surface area contributed by atoms with Gasteiger partial charge < -0.3 is 9.88 Å². The SMILES string of the molecule is C=CC(=O)N(c1ccc2c(ccn2C)c1)C(C(=O)NC(C)(C)C)c1cccnc1. The molecular weight excluding hydrogens is 364 g/mol. The quantitative estimate of drug-likeness (QED) is 0.675. The van der Waals surface area contributed by atoms with E-state index in [1.165, 1.54) is 11.0 Å². The molecule has 0 aliphatic heterocycles. The molecule has 3 aromatic rings. The van der Waals surface area contributed by atoms with E-state index in [9.17, 15) is 9.59 Å². The molecule has 0 spiro atoms. The van der Waals surface area contributed by atoms with Crippen LogP contribution in [0.3, 0.4) is 0 Å². The number of fused-ring (bicyclic) bond motifs is 1. The Labute approximate surface area is 170 Å². The molecule has 0 radical (unpaired) electrons. The summed E-state index contributed by atoms with van der Waals surface area (Å²) in [6.45, 7) is 9.35. The first kappa shape index (κ1) is 20.3. The van der Waals surface area contributed by atoms with Crippen molar-refractivity contribution in [1.82, 2.24) is 14.9 Å². The summed E-state index contributed by atoms with van der Waals surface area (Å²) in [5.74, 6) is -0.646. The van der Waals surface area contributed by atoms with Gasteiger partial charge in [-0.05, 0) is 57.2 Å². The first-order valence-electron chi connectivity index (χ1n) is 9.44. The predicted molar refractivity (Wildman–Crippen MR) is 115 cm³/mol. The van der Waals surface area contributed by atoms with E-state index in [2.05, 4.69) is 16.9 Å². The minimum Gasteiger partial charge on any atom is -0.351 e. The molecule has 1 unspecified atom stereocenters. The highest BCUT2D eigenvalue weighted by Crippen LogP contribution is 2.31. The van der Waals surface area contributed by atoms with Crippen LogP contribution in [0.2, 0.25) is 0 Å². The van der Waals surface area contributed by atoms with Gasteiger partial charge in [-0.1, -0.05) is 12.6 Å². The molecule has 2 heterocycles. The minimum atomic E-state index is -0.880. The first-order chi connectivity index (χ1) is 13.7. The average Bonchev–Trinajstić information content (AvgIpc) is 3.05. The van der Waals surface area contributed by atoms with Gasteiger partial charge in [-0.2, -0.15) is 0 Å². The van der Waals surface area contributed by atoms with Crippen molar-refractivity contribution in [3.8, 4) is 0 Å². The fourth-order valence-corrected chi connectivity index (χ4v) is 3.31. The maximum absolute atomic E-state index is 13.3. The number of nitrogens with one attached hydrogen (secondary N) is 1. The molecule has 1 aromatic carbocycles. The number of pyridine rings is 1. The Bertz CT molecular complexity index is 1050. The Hall–Kier alpha value is -3.41. The molecule has 0 aliphatic carbocycles. The molecule has 0 aliphatic rings. The molecule has 0 fully saturated rings. The Balaban J connectivity index is 2.16. The van der Waals surface area contributed by atoms with Crippen molar-refractivity contribution in [3.05, 3.63) is 73.2 Å². The van der Waals surface area contributed by atoms with Crippen LogP contribution in [0.1, 0.15) is 32.4 Å². The highest BCUT2D eigenvalue weighted by Gasteiger charge is 2.33. The van der Waals surface area contributed by atoms with Crippen LogP contribution in [-0.4, -0.2) is 26.9 Å². The number of hydrogen-bond acceptors (Lipinski definition) is 3. The number of rotatable bonds is 5. The largest absolute Gasteiger partial charge is 0.351 e. The fourth-order valence-electron chi connectivity index (χ4n) is 3.31.